The lowest BCUT2D eigenvalue weighted by molar-refractivity contribution is -0.927. The first-order chi connectivity index (χ1) is 11.7. The smallest absolute Gasteiger partial charge is 0.303 e. The third kappa shape index (κ3) is 3.73. The Labute approximate surface area is 148 Å². The van der Waals surface area contributed by atoms with Gasteiger partial charge in [0.2, 0.25) is 0 Å². The fourth-order valence-corrected chi connectivity index (χ4v) is 5.07. The van der Waals surface area contributed by atoms with Crippen LogP contribution in [0.2, 0.25) is 0 Å². The van der Waals surface area contributed by atoms with Crippen LogP contribution in [-0.2, 0) is 19.6 Å². The summed E-state index contributed by atoms with van der Waals surface area (Å²) in [6, 6.07) is 10.0. The number of fused-ring (bicyclic) bond motifs is 6. The third-order valence-corrected chi connectivity index (χ3v) is 5.87. The lowest BCUT2D eigenvalue weighted by Gasteiger charge is -2.39. The van der Waals surface area contributed by atoms with E-state index in [0.29, 0.717) is 24.1 Å². The van der Waals surface area contributed by atoms with Gasteiger partial charge in [-0.1, -0.05) is 24.3 Å². The second-order valence-corrected chi connectivity index (χ2v) is 8.82. The monoisotopic (exact) mass is 367 g/mol. The fourth-order valence-electron chi connectivity index (χ4n) is 5.07. The molecule has 0 saturated carbocycles. The van der Waals surface area contributed by atoms with E-state index in [-0.39, 0.29) is 12.1 Å². The number of rotatable bonds is 1. The van der Waals surface area contributed by atoms with E-state index < -0.39 is 10.1 Å². The van der Waals surface area contributed by atoms with Crippen LogP contribution in [0.5, 0.6) is 0 Å². The first-order valence-corrected chi connectivity index (χ1v) is 10.5. The minimum absolute atomic E-state index is 0.0206. The number of ether oxygens (including phenoxy) is 1. The number of piperidine rings is 1. The van der Waals surface area contributed by atoms with E-state index in [2.05, 4.69) is 31.3 Å². The molecule has 7 heteroatoms. The van der Waals surface area contributed by atoms with Gasteiger partial charge in [-0.05, 0) is 11.1 Å². The summed E-state index contributed by atoms with van der Waals surface area (Å²) >= 11 is 0. The molecule has 1 aromatic carbocycles. The van der Waals surface area contributed by atoms with Crippen LogP contribution < -0.4 is 4.90 Å². The van der Waals surface area contributed by atoms with E-state index >= 15 is 0 Å². The molecule has 0 radical (unpaired) electrons. The number of benzene rings is 1. The van der Waals surface area contributed by atoms with Crippen molar-refractivity contribution in [1.82, 2.24) is 0 Å². The standard InChI is InChI=1S/C17H21NO2.CH4O3S/c1-10(19)20-17-13-6-4-3-5-12(13)14-9-11-7-8-15(16(14)17)18(11)2;1-5(2,3)4/h3-6,11,14-17H,7-9H2,1-2H3;1H3,(H,2,3,4)/t11?,14-,15?,16+,17+;/m1./s1. The lowest BCUT2D eigenvalue weighted by atomic mass is 9.80. The number of nitrogens with one attached hydrogen (secondary N) is 1. The summed E-state index contributed by atoms with van der Waals surface area (Å²) in [6.45, 7) is 1.53. The Morgan fingerprint density at radius 2 is 1.84 bits per heavy atom. The van der Waals surface area contributed by atoms with Crippen molar-refractivity contribution in [2.45, 2.75) is 50.3 Å². The van der Waals surface area contributed by atoms with Gasteiger partial charge in [-0.2, -0.15) is 0 Å². The second-order valence-electron chi connectivity index (χ2n) is 7.41. The molecular weight excluding hydrogens is 342 g/mol. The van der Waals surface area contributed by atoms with Crippen LogP contribution in [0.4, 0.5) is 0 Å². The Morgan fingerprint density at radius 3 is 2.44 bits per heavy atom. The molecule has 0 spiro atoms. The number of hydrogen-bond donors (Lipinski definition) is 1. The fraction of sp³-hybridized carbons (Fsp3) is 0.611. The van der Waals surface area contributed by atoms with Crippen LogP contribution in [-0.4, -0.2) is 44.3 Å². The highest BCUT2D eigenvalue weighted by molar-refractivity contribution is 7.84. The van der Waals surface area contributed by atoms with Crippen LogP contribution in [0.1, 0.15) is 49.3 Å². The Hall–Kier alpha value is -1.44. The van der Waals surface area contributed by atoms with Gasteiger partial charge in [-0.15, -0.1) is 0 Å². The largest absolute Gasteiger partial charge is 0.748 e. The van der Waals surface area contributed by atoms with E-state index in [1.807, 2.05) is 0 Å². The zero-order chi connectivity index (χ0) is 18.4. The average molecular weight is 367 g/mol. The maximum atomic E-state index is 11.5. The van der Waals surface area contributed by atoms with Crippen LogP contribution in [0.15, 0.2) is 24.3 Å². The molecule has 1 aromatic rings. The van der Waals surface area contributed by atoms with Crippen LogP contribution >= 0.6 is 0 Å². The van der Waals surface area contributed by atoms with Gasteiger partial charge in [0.05, 0.1) is 35.2 Å². The molecule has 1 aliphatic carbocycles. The summed E-state index contributed by atoms with van der Waals surface area (Å²) in [5, 5.41) is 0. The van der Waals surface area contributed by atoms with Gasteiger partial charge in [0.1, 0.15) is 6.10 Å². The SMILES string of the molecule is CC(=O)O[C@H]1c2ccccc2[C@H]2CC3CCC([C@H]21)[NH+]3C.CS(=O)(=O)[O-]. The topological polar surface area (TPSA) is 87.9 Å². The summed E-state index contributed by atoms with van der Waals surface area (Å²) in [5.41, 5.74) is 2.70. The van der Waals surface area contributed by atoms with Gasteiger partial charge in [0.25, 0.3) is 0 Å². The highest BCUT2D eigenvalue weighted by Crippen LogP contribution is 2.53. The van der Waals surface area contributed by atoms with Gasteiger partial charge >= 0.3 is 5.97 Å². The molecule has 25 heavy (non-hydrogen) atoms. The van der Waals surface area contributed by atoms with E-state index in [4.69, 9.17) is 17.7 Å². The van der Waals surface area contributed by atoms with E-state index in [9.17, 15) is 4.79 Å². The zero-order valence-electron chi connectivity index (χ0n) is 14.8. The molecule has 2 aliphatic heterocycles. The molecule has 4 rings (SSSR count). The number of esters is 1. The Morgan fingerprint density at radius 1 is 1.24 bits per heavy atom. The molecule has 3 unspecified atom stereocenters. The average Bonchev–Trinajstić information content (AvgIpc) is 2.90. The molecule has 3 aliphatic rings. The van der Waals surface area contributed by atoms with Crippen LogP contribution in [0, 0.1) is 5.92 Å². The third-order valence-electron chi connectivity index (χ3n) is 5.87. The maximum Gasteiger partial charge on any atom is 0.303 e. The first kappa shape index (κ1) is 18.4. The molecule has 138 valence electrons. The molecule has 2 saturated heterocycles. The van der Waals surface area contributed by atoms with E-state index in [1.165, 1.54) is 37.3 Å². The molecule has 6 nitrogen and oxygen atoms in total. The van der Waals surface area contributed by atoms with Gasteiger partial charge in [0, 0.05) is 38.4 Å². The molecule has 2 fully saturated rings. The van der Waals surface area contributed by atoms with Crippen molar-refractivity contribution in [2.75, 3.05) is 13.3 Å². The van der Waals surface area contributed by atoms with Gasteiger partial charge in [0.15, 0.2) is 0 Å². The Bertz CT molecular complexity index is 754. The zero-order valence-corrected chi connectivity index (χ0v) is 15.6. The number of carbonyl (C=O) groups excluding carboxylic acids is 1. The quantitative estimate of drug-likeness (QED) is 0.581. The predicted octanol–water partition coefficient (Wildman–Crippen LogP) is 0.615. The Kier molecular flexibility index (Phi) is 4.92. The van der Waals surface area contributed by atoms with Crippen molar-refractivity contribution in [3.8, 4) is 0 Å². The molecule has 6 atom stereocenters. The van der Waals surface area contributed by atoms with Gasteiger partial charge < -0.3 is 14.2 Å². The van der Waals surface area contributed by atoms with Crippen molar-refractivity contribution < 1.29 is 27.4 Å². The normalized spacial score (nSPS) is 35.2. The summed E-state index contributed by atoms with van der Waals surface area (Å²) < 4.78 is 33.0. The van der Waals surface area contributed by atoms with Crippen LogP contribution in [0.3, 0.4) is 0 Å². The summed E-state index contributed by atoms with van der Waals surface area (Å²) in [4.78, 5) is 13.2. The van der Waals surface area contributed by atoms with Gasteiger partial charge in [-0.25, -0.2) is 8.42 Å². The molecule has 2 heterocycles. The minimum Gasteiger partial charge on any atom is -0.748 e. The number of carbonyl (C=O) groups is 1. The second kappa shape index (κ2) is 6.70. The number of quaternary nitrogens is 1. The predicted molar refractivity (Wildman–Crippen MR) is 91.1 cm³/mol. The van der Waals surface area contributed by atoms with Crippen molar-refractivity contribution in [1.29, 1.82) is 0 Å². The molecular formula is C18H25NO5S. The van der Waals surface area contributed by atoms with Crippen molar-refractivity contribution in [3.63, 3.8) is 0 Å². The van der Waals surface area contributed by atoms with Crippen molar-refractivity contribution in [2.24, 2.45) is 5.92 Å². The summed E-state index contributed by atoms with van der Waals surface area (Å²) in [6.07, 6.45) is 4.45. The Balaban J connectivity index is 0.000000324. The molecule has 1 N–H and O–H groups in total. The molecule has 2 bridgehead atoms. The highest BCUT2D eigenvalue weighted by Gasteiger charge is 2.57. The van der Waals surface area contributed by atoms with Crippen molar-refractivity contribution in [3.05, 3.63) is 35.4 Å². The van der Waals surface area contributed by atoms with Crippen molar-refractivity contribution >= 4 is 16.1 Å². The van der Waals surface area contributed by atoms with E-state index in [1.54, 1.807) is 4.90 Å². The number of hydrogen-bond acceptors (Lipinski definition) is 5. The summed E-state index contributed by atoms with van der Waals surface area (Å²) in [5.74, 6) is 0.926. The lowest BCUT2D eigenvalue weighted by Crippen LogP contribution is -3.16. The molecule has 0 aromatic heterocycles. The highest BCUT2D eigenvalue weighted by atomic mass is 32.2. The maximum absolute atomic E-state index is 11.5. The summed E-state index contributed by atoms with van der Waals surface area (Å²) in [7, 11) is -1.59. The first-order valence-electron chi connectivity index (χ1n) is 8.67. The molecule has 0 amide bonds. The van der Waals surface area contributed by atoms with Crippen LogP contribution in [0.25, 0.3) is 0 Å². The minimum atomic E-state index is -3.92. The van der Waals surface area contributed by atoms with E-state index in [0.717, 1.165) is 6.04 Å². The van der Waals surface area contributed by atoms with Gasteiger partial charge in [-0.3, -0.25) is 4.79 Å².